The molecule has 1 aromatic rings. The quantitative estimate of drug-likeness (QED) is 0.804. The summed E-state index contributed by atoms with van der Waals surface area (Å²) in [4.78, 5) is 0.101. The van der Waals surface area contributed by atoms with E-state index < -0.39 is 16.1 Å². The van der Waals surface area contributed by atoms with Gasteiger partial charge in [0.1, 0.15) is 0 Å². The van der Waals surface area contributed by atoms with Crippen LogP contribution in [0, 0.1) is 6.92 Å². The number of rotatable bonds is 3. The summed E-state index contributed by atoms with van der Waals surface area (Å²) in [5, 5.41) is 9.42. The van der Waals surface area contributed by atoms with E-state index in [4.69, 9.17) is 0 Å². The molecule has 0 unspecified atom stereocenters. The van der Waals surface area contributed by atoms with Crippen molar-refractivity contribution in [1.82, 2.24) is 4.47 Å². The van der Waals surface area contributed by atoms with E-state index >= 15 is 0 Å². The van der Waals surface area contributed by atoms with Crippen molar-refractivity contribution in [2.24, 2.45) is 0 Å². The Balaban J connectivity index is 3.12. The number of nitrogens with zero attached hydrogens (tertiary/aromatic N) is 1. The molecule has 0 aromatic heterocycles. The second-order valence-electron chi connectivity index (χ2n) is 3.68. The van der Waals surface area contributed by atoms with E-state index in [1.807, 2.05) is 6.92 Å². The molecule has 4 nitrogen and oxygen atoms in total. The topological polar surface area (TPSA) is 57.6 Å². The molecule has 1 aromatic carbocycles. The highest BCUT2D eigenvalue weighted by atomic mass is 32.2. The fourth-order valence-corrected chi connectivity index (χ4v) is 2.35. The van der Waals surface area contributed by atoms with Crippen molar-refractivity contribution in [2.45, 2.75) is 31.7 Å². The Labute approximate surface area is 90.2 Å². The van der Waals surface area contributed by atoms with Crippen LogP contribution in [0.25, 0.3) is 0 Å². The lowest BCUT2D eigenvalue weighted by Crippen LogP contribution is -2.33. The monoisotopic (exact) mass is 229 g/mol. The van der Waals surface area contributed by atoms with Crippen molar-refractivity contribution >= 4 is 10.0 Å². The first-order chi connectivity index (χ1) is 6.85. The maximum Gasteiger partial charge on any atom is 0.265 e. The molecule has 0 bridgehead atoms. The molecule has 0 amide bonds. The van der Waals surface area contributed by atoms with Crippen molar-refractivity contribution < 1.29 is 13.6 Å². The van der Waals surface area contributed by atoms with E-state index in [0.29, 0.717) is 4.47 Å². The molecule has 84 valence electrons. The van der Waals surface area contributed by atoms with E-state index in [2.05, 4.69) is 0 Å². The minimum atomic E-state index is -3.77. The van der Waals surface area contributed by atoms with Crippen LogP contribution in [0.15, 0.2) is 29.2 Å². The van der Waals surface area contributed by atoms with E-state index in [0.717, 1.165) is 5.56 Å². The van der Waals surface area contributed by atoms with E-state index in [1.54, 1.807) is 26.0 Å². The molecule has 0 aliphatic heterocycles. The Morgan fingerprint density at radius 3 is 2.07 bits per heavy atom. The molecule has 0 radical (unpaired) electrons. The Morgan fingerprint density at radius 2 is 1.67 bits per heavy atom. The maximum atomic E-state index is 11.8. The molecule has 0 spiro atoms. The maximum absolute atomic E-state index is 11.8. The van der Waals surface area contributed by atoms with Gasteiger partial charge in [0.05, 0.1) is 4.90 Å². The average molecular weight is 229 g/mol. The van der Waals surface area contributed by atoms with E-state index in [1.165, 1.54) is 12.1 Å². The SMILES string of the molecule is Cc1ccc(S(=O)(=O)N(O)C(C)C)cc1. The van der Waals surface area contributed by atoms with Gasteiger partial charge in [-0.05, 0) is 32.9 Å². The van der Waals surface area contributed by atoms with Crippen molar-refractivity contribution in [2.75, 3.05) is 0 Å². The Hall–Kier alpha value is -0.910. The molecule has 0 heterocycles. The van der Waals surface area contributed by atoms with Crippen molar-refractivity contribution in [1.29, 1.82) is 0 Å². The van der Waals surface area contributed by atoms with Crippen LogP contribution in [0.2, 0.25) is 0 Å². The molecular weight excluding hydrogens is 214 g/mol. The molecule has 15 heavy (non-hydrogen) atoms. The summed E-state index contributed by atoms with van der Waals surface area (Å²) < 4.78 is 23.9. The lowest BCUT2D eigenvalue weighted by molar-refractivity contribution is -0.0239. The molecule has 0 fully saturated rings. The van der Waals surface area contributed by atoms with Gasteiger partial charge < -0.3 is 0 Å². The molecule has 1 N–H and O–H groups in total. The van der Waals surface area contributed by atoms with Crippen LogP contribution in [0.4, 0.5) is 0 Å². The minimum Gasteiger partial charge on any atom is -0.299 e. The summed E-state index contributed by atoms with van der Waals surface area (Å²) in [5.74, 6) is 0. The lowest BCUT2D eigenvalue weighted by Gasteiger charge is -2.18. The first-order valence-electron chi connectivity index (χ1n) is 4.65. The van der Waals surface area contributed by atoms with Crippen LogP contribution in [0.3, 0.4) is 0 Å². The number of hydrogen-bond acceptors (Lipinski definition) is 3. The van der Waals surface area contributed by atoms with Gasteiger partial charge >= 0.3 is 0 Å². The fourth-order valence-electron chi connectivity index (χ4n) is 1.10. The van der Waals surface area contributed by atoms with E-state index in [-0.39, 0.29) is 4.90 Å². The molecule has 1 rings (SSSR count). The Morgan fingerprint density at radius 1 is 1.20 bits per heavy atom. The summed E-state index contributed by atoms with van der Waals surface area (Å²) in [5.41, 5.74) is 0.975. The highest BCUT2D eigenvalue weighted by Gasteiger charge is 2.24. The van der Waals surface area contributed by atoms with E-state index in [9.17, 15) is 13.6 Å². The third-order valence-electron chi connectivity index (χ3n) is 2.01. The highest BCUT2D eigenvalue weighted by molar-refractivity contribution is 7.89. The second kappa shape index (κ2) is 4.30. The molecule has 5 heteroatoms. The summed E-state index contributed by atoms with van der Waals surface area (Å²) in [6, 6.07) is 5.88. The number of hydroxylamine groups is 1. The zero-order valence-electron chi connectivity index (χ0n) is 9.01. The largest absolute Gasteiger partial charge is 0.299 e. The fraction of sp³-hybridized carbons (Fsp3) is 0.400. The van der Waals surface area contributed by atoms with Crippen LogP contribution < -0.4 is 0 Å². The Bertz CT molecular complexity index is 422. The van der Waals surface area contributed by atoms with Crippen molar-refractivity contribution in [3.63, 3.8) is 0 Å². The number of aryl methyl sites for hydroxylation is 1. The average Bonchev–Trinajstić information content (AvgIpc) is 2.17. The first-order valence-corrected chi connectivity index (χ1v) is 6.09. The molecule has 0 atom stereocenters. The van der Waals surface area contributed by atoms with Crippen LogP contribution in [-0.4, -0.2) is 24.1 Å². The molecule has 0 saturated heterocycles. The second-order valence-corrected chi connectivity index (χ2v) is 5.48. The smallest absolute Gasteiger partial charge is 0.265 e. The van der Waals surface area contributed by atoms with Gasteiger partial charge in [-0.2, -0.15) is 0 Å². The summed E-state index contributed by atoms with van der Waals surface area (Å²) in [6.07, 6.45) is 0. The summed E-state index contributed by atoms with van der Waals surface area (Å²) >= 11 is 0. The van der Waals surface area contributed by atoms with Gasteiger partial charge in [-0.3, -0.25) is 5.21 Å². The van der Waals surface area contributed by atoms with Gasteiger partial charge in [0.15, 0.2) is 0 Å². The molecule has 0 saturated carbocycles. The number of sulfonamides is 1. The lowest BCUT2D eigenvalue weighted by atomic mass is 10.2. The van der Waals surface area contributed by atoms with Gasteiger partial charge in [0.2, 0.25) is 0 Å². The van der Waals surface area contributed by atoms with Gasteiger partial charge in [-0.15, -0.1) is 0 Å². The zero-order chi connectivity index (χ0) is 11.6. The van der Waals surface area contributed by atoms with Crippen LogP contribution in [0.1, 0.15) is 19.4 Å². The minimum absolute atomic E-state index is 0.101. The predicted molar refractivity (Wildman–Crippen MR) is 57.1 cm³/mol. The van der Waals surface area contributed by atoms with Crippen molar-refractivity contribution in [3.8, 4) is 0 Å². The molecule has 0 aliphatic carbocycles. The summed E-state index contributed by atoms with van der Waals surface area (Å²) in [7, 11) is -3.77. The third kappa shape index (κ3) is 2.56. The van der Waals surface area contributed by atoms with Crippen LogP contribution in [0.5, 0.6) is 0 Å². The summed E-state index contributed by atoms with van der Waals surface area (Å²) in [6.45, 7) is 5.08. The molecular formula is C10H15NO3S. The van der Waals surface area contributed by atoms with Gasteiger partial charge in [0, 0.05) is 6.04 Å². The highest BCUT2D eigenvalue weighted by Crippen LogP contribution is 2.16. The molecule has 0 aliphatic rings. The van der Waals surface area contributed by atoms with Gasteiger partial charge in [-0.25, -0.2) is 8.42 Å². The third-order valence-corrected chi connectivity index (χ3v) is 3.79. The van der Waals surface area contributed by atoms with Crippen LogP contribution in [-0.2, 0) is 10.0 Å². The zero-order valence-corrected chi connectivity index (χ0v) is 9.82. The standard InChI is InChI=1S/C10H15NO3S/c1-8(2)11(12)15(13,14)10-6-4-9(3)5-7-10/h4-8,12H,1-3H3. The van der Waals surface area contributed by atoms with Crippen molar-refractivity contribution in [3.05, 3.63) is 29.8 Å². The number of benzene rings is 1. The van der Waals surface area contributed by atoms with Gasteiger partial charge in [-0.1, -0.05) is 22.2 Å². The predicted octanol–water partition coefficient (Wildman–Crippen LogP) is 1.78. The first kappa shape index (κ1) is 12.2. The normalized spacial score (nSPS) is 12.4. The van der Waals surface area contributed by atoms with Gasteiger partial charge in [0.25, 0.3) is 10.0 Å². The van der Waals surface area contributed by atoms with Crippen LogP contribution >= 0.6 is 0 Å². The number of hydrogen-bond donors (Lipinski definition) is 1. The Kier molecular flexibility index (Phi) is 3.49.